The lowest BCUT2D eigenvalue weighted by molar-refractivity contribution is -0.117. The van der Waals surface area contributed by atoms with Gasteiger partial charge in [-0.05, 0) is 38.5 Å². The van der Waals surface area contributed by atoms with Crippen LogP contribution in [0.15, 0.2) is 29.6 Å². The molecule has 3 heterocycles. The molecule has 1 amide bonds. The van der Waals surface area contributed by atoms with Crippen LogP contribution in [0.1, 0.15) is 43.0 Å². The van der Waals surface area contributed by atoms with Crippen molar-refractivity contribution in [3.63, 3.8) is 0 Å². The van der Waals surface area contributed by atoms with E-state index in [1.807, 2.05) is 17.7 Å². The van der Waals surface area contributed by atoms with E-state index in [0.717, 1.165) is 32.2 Å². The van der Waals surface area contributed by atoms with E-state index >= 15 is 0 Å². The summed E-state index contributed by atoms with van der Waals surface area (Å²) in [5.74, 6) is -0.464. The van der Waals surface area contributed by atoms with Gasteiger partial charge in [-0.1, -0.05) is 0 Å². The van der Waals surface area contributed by atoms with Gasteiger partial charge in [-0.25, -0.2) is 14.8 Å². The van der Waals surface area contributed by atoms with Gasteiger partial charge in [0.25, 0.3) is 5.56 Å². The van der Waals surface area contributed by atoms with Crippen LogP contribution in [0.2, 0.25) is 0 Å². The number of pyridine rings is 1. The molecule has 2 saturated carbocycles. The largest absolute Gasteiger partial charge is 0.478 e. The van der Waals surface area contributed by atoms with E-state index in [2.05, 4.69) is 20.6 Å². The monoisotopic (exact) mass is 436 g/mol. The molecule has 10 heteroatoms. The Bertz CT molecular complexity index is 1290. The lowest BCUT2D eigenvalue weighted by atomic mass is 10.2. The van der Waals surface area contributed by atoms with E-state index in [1.165, 1.54) is 16.8 Å². The first kappa shape index (κ1) is 20.2. The molecule has 0 aliphatic heterocycles. The molecule has 32 heavy (non-hydrogen) atoms. The maximum Gasteiger partial charge on any atom is 0.339 e. The number of rotatable bonds is 8. The molecule has 0 aromatic carbocycles. The molecule has 10 nitrogen and oxygen atoms in total. The first-order chi connectivity index (χ1) is 15.4. The van der Waals surface area contributed by atoms with Crippen molar-refractivity contribution >= 4 is 40.1 Å². The van der Waals surface area contributed by atoms with E-state index < -0.39 is 5.97 Å². The van der Waals surface area contributed by atoms with Crippen LogP contribution in [0.5, 0.6) is 0 Å². The second kappa shape index (κ2) is 7.77. The highest BCUT2D eigenvalue weighted by molar-refractivity contribution is 6.00. The van der Waals surface area contributed by atoms with Crippen LogP contribution >= 0.6 is 0 Å². The van der Waals surface area contributed by atoms with Gasteiger partial charge in [0.1, 0.15) is 22.4 Å². The Morgan fingerprint density at radius 3 is 2.59 bits per heavy atom. The van der Waals surface area contributed by atoms with E-state index in [-0.39, 0.29) is 34.5 Å². The molecule has 0 unspecified atom stereocenters. The van der Waals surface area contributed by atoms with Gasteiger partial charge in [0.2, 0.25) is 5.91 Å². The summed E-state index contributed by atoms with van der Waals surface area (Å²) < 4.78 is 3.47. The highest BCUT2D eigenvalue weighted by Gasteiger charge is 2.30. The van der Waals surface area contributed by atoms with Crippen molar-refractivity contribution < 1.29 is 14.7 Å². The number of aryl methyl sites for hydroxylation is 1. The SMILES string of the molecule is CCn1cnc2c(c(Nc3cc(NC(=O)C4CC4)ncc3C(=O)O)cn2CC2CC2)c1=O. The van der Waals surface area contributed by atoms with Crippen molar-refractivity contribution in [3.8, 4) is 0 Å². The molecule has 2 aliphatic carbocycles. The molecule has 3 aromatic heterocycles. The van der Waals surface area contributed by atoms with Crippen molar-refractivity contribution in [2.45, 2.75) is 45.7 Å². The topological polar surface area (TPSA) is 131 Å². The minimum Gasteiger partial charge on any atom is -0.478 e. The molecule has 0 bridgehead atoms. The number of fused-ring (bicyclic) bond motifs is 1. The van der Waals surface area contributed by atoms with E-state index in [1.54, 1.807) is 6.33 Å². The van der Waals surface area contributed by atoms with E-state index in [0.29, 0.717) is 29.2 Å². The van der Waals surface area contributed by atoms with Crippen LogP contribution in [0.3, 0.4) is 0 Å². The van der Waals surface area contributed by atoms with Crippen molar-refractivity contribution in [3.05, 3.63) is 40.7 Å². The van der Waals surface area contributed by atoms with E-state index in [4.69, 9.17) is 0 Å². The number of anilines is 3. The third-order valence-corrected chi connectivity index (χ3v) is 5.94. The Balaban J connectivity index is 1.57. The average Bonchev–Trinajstić information content (AvgIpc) is 3.67. The fourth-order valence-corrected chi connectivity index (χ4v) is 3.77. The van der Waals surface area contributed by atoms with Crippen molar-refractivity contribution in [2.24, 2.45) is 11.8 Å². The lowest BCUT2D eigenvalue weighted by Crippen LogP contribution is -2.20. The molecule has 3 N–H and O–H groups in total. The number of amides is 1. The molecule has 0 atom stereocenters. The summed E-state index contributed by atoms with van der Waals surface area (Å²) in [6, 6.07) is 1.49. The maximum atomic E-state index is 13.1. The van der Waals surface area contributed by atoms with Crippen LogP contribution in [0.4, 0.5) is 17.2 Å². The first-order valence-electron chi connectivity index (χ1n) is 10.8. The predicted molar refractivity (Wildman–Crippen MR) is 118 cm³/mol. The number of nitrogens with one attached hydrogen (secondary N) is 2. The summed E-state index contributed by atoms with van der Waals surface area (Å²) in [6.07, 6.45) is 8.55. The molecule has 0 saturated heterocycles. The molecule has 2 fully saturated rings. The van der Waals surface area contributed by atoms with Gasteiger partial charge in [-0.15, -0.1) is 0 Å². The van der Waals surface area contributed by atoms with Crippen LogP contribution in [0, 0.1) is 11.8 Å². The smallest absolute Gasteiger partial charge is 0.339 e. The quantitative estimate of drug-likeness (QED) is 0.495. The highest BCUT2D eigenvalue weighted by Crippen LogP contribution is 2.34. The number of carboxylic acid groups (broad SMARTS) is 1. The number of carboxylic acids is 1. The number of carbonyl (C=O) groups excluding carboxylic acids is 1. The number of aromatic nitrogens is 4. The van der Waals surface area contributed by atoms with Gasteiger partial charge in [-0.3, -0.25) is 14.2 Å². The van der Waals surface area contributed by atoms with Crippen LogP contribution in [0.25, 0.3) is 11.0 Å². The third kappa shape index (κ3) is 3.83. The number of hydrogen-bond acceptors (Lipinski definition) is 6. The summed E-state index contributed by atoms with van der Waals surface area (Å²) in [4.78, 5) is 45.6. The Kier molecular flexibility index (Phi) is 4.91. The molecule has 5 rings (SSSR count). The fourth-order valence-electron chi connectivity index (χ4n) is 3.77. The standard InChI is InChI=1S/C22H24N6O4/c1-2-27-11-24-19-18(21(27)30)16(10-28(19)9-12-3-4-12)25-15-7-17(23-8-14(15)22(31)32)26-20(29)13-5-6-13/h7-8,10-13H,2-6,9H2,1H3,(H,31,32)(H2,23,25,26,29). The van der Waals surface area contributed by atoms with Gasteiger partial charge in [0.05, 0.1) is 17.7 Å². The van der Waals surface area contributed by atoms with Gasteiger partial charge in [0, 0.05) is 37.5 Å². The summed E-state index contributed by atoms with van der Waals surface area (Å²) in [7, 11) is 0. The average molecular weight is 436 g/mol. The Morgan fingerprint density at radius 1 is 1.16 bits per heavy atom. The van der Waals surface area contributed by atoms with Crippen LogP contribution in [-0.4, -0.2) is 36.1 Å². The van der Waals surface area contributed by atoms with E-state index in [9.17, 15) is 19.5 Å². The molecule has 166 valence electrons. The first-order valence-corrected chi connectivity index (χ1v) is 10.8. The number of carbonyl (C=O) groups is 2. The van der Waals surface area contributed by atoms with Gasteiger partial charge >= 0.3 is 5.97 Å². The molecular formula is C22H24N6O4. The second-order valence-electron chi connectivity index (χ2n) is 8.48. The number of nitrogens with zero attached hydrogens (tertiary/aromatic N) is 4. The normalized spacial score (nSPS) is 15.7. The van der Waals surface area contributed by atoms with Gasteiger partial charge in [-0.2, -0.15) is 0 Å². The third-order valence-electron chi connectivity index (χ3n) is 5.94. The zero-order chi connectivity index (χ0) is 22.4. The maximum absolute atomic E-state index is 13.1. The van der Waals surface area contributed by atoms with Crippen molar-refractivity contribution in [2.75, 3.05) is 10.6 Å². The van der Waals surface area contributed by atoms with Crippen LogP contribution in [-0.2, 0) is 17.9 Å². The minimum absolute atomic E-state index is 0.00801. The number of hydrogen-bond donors (Lipinski definition) is 3. The Morgan fingerprint density at radius 2 is 1.94 bits per heavy atom. The fraction of sp³-hybridized carbons (Fsp3) is 0.409. The van der Waals surface area contributed by atoms with Gasteiger partial charge < -0.3 is 20.3 Å². The molecule has 0 radical (unpaired) electrons. The minimum atomic E-state index is -1.16. The summed E-state index contributed by atoms with van der Waals surface area (Å²) in [6.45, 7) is 3.09. The zero-order valence-corrected chi connectivity index (χ0v) is 17.7. The van der Waals surface area contributed by atoms with Gasteiger partial charge in [0.15, 0.2) is 0 Å². The van der Waals surface area contributed by atoms with Crippen molar-refractivity contribution in [1.82, 2.24) is 19.1 Å². The summed E-state index contributed by atoms with van der Waals surface area (Å²) in [5, 5.41) is 15.9. The Hall–Kier alpha value is -3.69. The summed E-state index contributed by atoms with van der Waals surface area (Å²) >= 11 is 0. The van der Waals surface area contributed by atoms with Crippen molar-refractivity contribution in [1.29, 1.82) is 0 Å². The second-order valence-corrected chi connectivity index (χ2v) is 8.48. The summed E-state index contributed by atoms with van der Waals surface area (Å²) in [5.41, 5.74) is 1.05. The molecule has 2 aliphatic rings. The molecule has 3 aromatic rings. The number of aromatic carboxylic acids is 1. The zero-order valence-electron chi connectivity index (χ0n) is 17.7. The molecule has 0 spiro atoms. The molecular weight excluding hydrogens is 412 g/mol. The Labute approximate surface area is 183 Å². The van der Waals surface area contributed by atoms with Crippen LogP contribution < -0.4 is 16.2 Å². The lowest BCUT2D eigenvalue weighted by Gasteiger charge is -2.11. The highest BCUT2D eigenvalue weighted by atomic mass is 16.4. The predicted octanol–water partition coefficient (Wildman–Crippen LogP) is 2.81.